The van der Waals surface area contributed by atoms with Gasteiger partial charge in [0.05, 0.1) is 24.1 Å². The number of rotatable bonds is 6. The van der Waals surface area contributed by atoms with Gasteiger partial charge >= 0.3 is 5.97 Å². The van der Waals surface area contributed by atoms with E-state index in [1.807, 2.05) is 6.92 Å². The van der Waals surface area contributed by atoms with Crippen LogP contribution < -0.4 is 11.1 Å². The number of β-lactam (4-membered cyclic amide) rings is 1. The highest BCUT2D eigenvalue weighted by atomic mass is 32.2. The van der Waals surface area contributed by atoms with Crippen LogP contribution in [0.3, 0.4) is 0 Å². The Labute approximate surface area is 175 Å². The number of aromatic nitrogens is 1. The van der Waals surface area contributed by atoms with Crippen LogP contribution in [0.4, 0.5) is 0 Å². The van der Waals surface area contributed by atoms with Gasteiger partial charge in [-0.15, -0.1) is 23.1 Å². The Morgan fingerprint density at radius 3 is 2.79 bits per heavy atom. The number of aliphatic hydroxyl groups excluding tert-OH is 1. The average molecular weight is 439 g/mol. The molecule has 3 aliphatic heterocycles. The molecule has 3 aliphatic rings. The first-order valence-corrected chi connectivity index (χ1v) is 11.1. The fraction of sp³-hybridized carbons (Fsp3) is 0.556. The Kier molecular flexibility index (Phi) is 5.18. The second kappa shape index (κ2) is 7.38. The van der Waals surface area contributed by atoms with Crippen molar-refractivity contribution in [2.24, 2.45) is 17.6 Å². The Bertz CT molecular complexity index is 914. The van der Waals surface area contributed by atoms with Crippen LogP contribution in [0.5, 0.6) is 0 Å². The van der Waals surface area contributed by atoms with Crippen LogP contribution in [0, 0.1) is 11.8 Å². The van der Waals surface area contributed by atoms with Crippen LogP contribution in [0.2, 0.25) is 0 Å². The summed E-state index contributed by atoms with van der Waals surface area (Å²) in [4.78, 5) is 41.9. The molecule has 0 saturated carbocycles. The van der Waals surface area contributed by atoms with Gasteiger partial charge in [-0.3, -0.25) is 9.59 Å². The SMILES string of the molecule is C[C@@H](O)C1C(=O)N2C(C(=O)O)=C(S[C@@H]3CN[C@H](c4nc(C(N)=O)cs4)C3)[C@H](C)C12. The lowest BCUT2D eigenvalue weighted by Gasteiger charge is -2.46. The number of thiazole rings is 1. The Balaban J connectivity index is 1.51. The molecule has 9 nitrogen and oxygen atoms in total. The maximum Gasteiger partial charge on any atom is 0.353 e. The van der Waals surface area contributed by atoms with Crippen molar-refractivity contribution in [3.63, 3.8) is 0 Å². The molecule has 0 bridgehead atoms. The number of carboxylic acid groups (broad SMARTS) is 1. The van der Waals surface area contributed by atoms with E-state index in [0.29, 0.717) is 11.4 Å². The molecule has 2 saturated heterocycles. The maximum atomic E-state index is 12.4. The number of nitrogens with two attached hydrogens (primary N) is 1. The zero-order chi connectivity index (χ0) is 21.0. The summed E-state index contributed by atoms with van der Waals surface area (Å²) in [6.07, 6.45) is -0.0923. The third-order valence-electron chi connectivity index (χ3n) is 5.77. The molecule has 156 valence electrons. The van der Waals surface area contributed by atoms with Crippen LogP contribution >= 0.6 is 23.1 Å². The van der Waals surface area contributed by atoms with Crippen molar-refractivity contribution in [3.05, 3.63) is 26.7 Å². The summed E-state index contributed by atoms with van der Waals surface area (Å²) in [5.74, 6) is -2.71. The summed E-state index contributed by atoms with van der Waals surface area (Å²) < 4.78 is 0. The molecule has 4 heterocycles. The van der Waals surface area contributed by atoms with Crippen LogP contribution in [0.1, 0.15) is 41.8 Å². The number of fused-ring (bicyclic) bond motifs is 1. The van der Waals surface area contributed by atoms with Gasteiger partial charge in [-0.1, -0.05) is 6.92 Å². The maximum absolute atomic E-state index is 12.4. The zero-order valence-corrected chi connectivity index (χ0v) is 17.5. The van der Waals surface area contributed by atoms with Crippen molar-refractivity contribution in [2.75, 3.05) is 6.54 Å². The summed E-state index contributed by atoms with van der Waals surface area (Å²) in [6.45, 7) is 4.14. The van der Waals surface area contributed by atoms with E-state index in [0.717, 1.165) is 11.4 Å². The van der Waals surface area contributed by atoms with E-state index in [2.05, 4.69) is 10.3 Å². The van der Waals surface area contributed by atoms with Crippen LogP contribution in [-0.4, -0.2) is 61.8 Å². The molecule has 5 N–H and O–H groups in total. The summed E-state index contributed by atoms with van der Waals surface area (Å²) >= 11 is 2.85. The third-order valence-corrected chi connectivity index (χ3v) is 8.24. The number of aliphatic carboxylic acids is 1. The number of nitrogens with one attached hydrogen (secondary N) is 1. The van der Waals surface area contributed by atoms with Gasteiger partial charge in [0.1, 0.15) is 16.4 Å². The number of hydrogen-bond acceptors (Lipinski definition) is 8. The first kappa shape index (κ1) is 20.3. The molecule has 0 spiro atoms. The molecule has 4 rings (SSSR count). The molecule has 29 heavy (non-hydrogen) atoms. The van der Waals surface area contributed by atoms with E-state index in [1.54, 1.807) is 12.3 Å². The van der Waals surface area contributed by atoms with Gasteiger partial charge in [0.15, 0.2) is 0 Å². The van der Waals surface area contributed by atoms with Crippen molar-refractivity contribution in [3.8, 4) is 0 Å². The third kappa shape index (κ3) is 3.25. The molecule has 6 atom stereocenters. The number of carbonyl (C=O) groups excluding carboxylic acids is 2. The Hall–Kier alpha value is -1.95. The molecule has 1 aromatic heterocycles. The van der Waals surface area contributed by atoms with Gasteiger partial charge in [0.2, 0.25) is 5.91 Å². The number of aliphatic hydroxyl groups is 1. The fourth-order valence-electron chi connectivity index (χ4n) is 4.40. The molecule has 0 aliphatic carbocycles. The van der Waals surface area contributed by atoms with Gasteiger partial charge in [-0.05, 0) is 13.3 Å². The molecule has 11 heteroatoms. The lowest BCUT2D eigenvalue weighted by molar-refractivity contribution is -0.163. The summed E-state index contributed by atoms with van der Waals surface area (Å²) in [6, 6.07) is -0.335. The quantitative estimate of drug-likeness (QED) is 0.471. The van der Waals surface area contributed by atoms with E-state index in [9.17, 15) is 24.6 Å². The minimum Gasteiger partial charge on any atom is -0.477 e. The van der Waals surface area contributed by atoms with Crippen molar-refractivity contribution < 1.29 is 24.6 Å². The highest BCUT2D eigenvalue weighted by Gasteiger charge is 2.60. The van der Waals surface area contributed by atoms with E-state index in [-0.39, 0.29) is 40.5 Å². The number of carboxylic acids is 1. The van der Waals surface area contributed by atoms with Gasteiger partial charge in [0, 0.05) is 28.0 Å². The second-order valence-corrected chi connectivity index (χ2v) is 9.88. The Morgan fingerprint density at radius 2 is 2.21 bits per heavy atom. The predicted octanol–water partition coefficient (Wildman–Crippen LogP) is 0.532. The summed E-state index contributed by atoms with van der Waals surface area (Å²) in [7, 11) is 0. The van der Waals surface area contributed by atoms with Crippen molar-refractivity contribution in [2.45, 2.75) is 43.7 Å². The number of primary amides is 1. The molecular weight excluding hydrogens is 416 g/mol. The van der Waals surface area contributed by atoms with E-state index >= 15 is 0 Å². The lowest BCUT2D eigenvalue weighted by atomic mass is 9.79. The monoisotopic (exact) mass is 438 g/mol. The predicted molar refractivity (Wildman–Crippen MR) is 107 cm³/mol. The molecule has 2 amide bonds. The zero-order valence-electron chi connectivity index (χ0n) is 15.9. The minimum absolute atomic E-state index is 0.0277. The van der Waals surface area contributed by atoms with Gasteiger partial charge < -0.3 is 26.2 Å². The smallest absolute Gasteiger partial charge is 0.353 e. The number of nitrogens with zero attached hydrogens (tertiary/aromatic N) is 2. The normalized spacial score (nSPS) is 32.3. The lowest BCUT2D eigenvalue weighted by Crippen LogP contribution is -2.63. The molecule has 2 unspecified atom stereocenters. The van der Waals surface area contributed by atoms with E-state index in [4.69, 9.17) is 5.73 Å². The van der Waals surface area contributed by atoms with Crippen molar-refractivity contribution in [1.29, 1.82) is 0 Å². The molecular formula is C18H22N4O5S2. The van der Waals surface area contributed by atoms with Crippen molar-refractivity contribution >= 4 is 40.9 Å². The van der Waals surface area contributed by atoms with Crippen LogP contribution in [0.25, 0.3) is 0 Å². The molecule has 1 aromatic rings. The highest BCUT2D eigenvalue weighted by molar-refractivity contribution is 8.03. The standard InChI is InChI=1S/C18H22N4O5S2/c1-6-12-11(7(2)23)17(25)22(12)13(18(26)27)14(6)29-8-3-9(20-4-8)16-21-10(5-28-16)15(19)24/h5-9,11-12,20,23H,3-4H2,1-2H3,(H2,19,24)(H,26,27)/t6-,7-,8+,9+,11?,12?/m1/s1. The fourth-order valence-corrected chi connectivity index (χ4v) is 6.78. The van der Waals surface area contributed by atoms with Gasteiger partial charge in [-0.2, -0.15) is 0 Å². The van der Waals surface area contributed by atoms with Crippen LogP contribution in [0.15, 0.2) is 16.0 Å². The molecule has 2 fully saturated rings. The highest BCUT2D eigenvalue weighted by Crippen LogP contribution is 2.52. The molecule has 0 radical (unpaired) electrons. The minimum atomic E-state index is -1.12. The van der Waals surface area contributed by atoms with E-state index < -0.39 is 23.9 Å². The summed E-state index contributed by atoms with van der Waals surface area (Å²) in [5, 5.41) is 25.5. The van der Waals surface area contributed by atoms with E-state index in [1.165, 1.54) is 28.0 Å². The topological polar surface area (TPSA) is 146 Å². The van der Waals surface area contributed by atoms with Crippen LogP contribution in [-0.2, 0) is 9.59 Å². The first-order valence-electron chi connectivity index (χ1n) is 9.34. The number of amides is 2. The Morgan fingerprint density at radius 1 is 1.48 bits per heavy atom. The molecule has 0 aromatic carbocycles. The summed E-state index contributed by atoms with van der Waals surface area (Å²) in [5.41, 5.74) is 5.56. The first-order chi connectivity index (χ1) is 13.7. The second-order valence-electron chi connectivity index (χ2n) is 7.64. The van der Waals surface area contributed by atoms with Crippen molar-refractivity contribution in [1.82, 2.24) is 15.2 Å². The van der Waals surface area contributed by atoms with Gasteiger partial charge in [0.25, 0.3) is 5.91 Å². The average Bonchev–Trinajstić information content (AvgIpc) is 3.33. The number of hydrogen-bond donors (Lipinski definition) is 4. The van der Waals surface area contributed by atoms with Gasteiger partial charge in [-0.25, -0.2) is 9.78 Å². The number of thioether (sulfide) groups is 1. The number of carbonyl (C=O) groups is 3. The largest absolute Gasteiger partial charge is 0.477 e.